The molecule has 6 atom stereocenters. The Labute approximate surface area is 112 Å². The monoisotopic (exact) mass is 262 g/mol. The predicted octanol–water partition coefficient (Wildman–Crippen LogP) is 0.958. The van der Waals surface area contributed by atoms with Crippen LogP contribution >= 0.6 is 0 Å². The van der Waals surface area contributed by atoms with E-state index in [1.165, 1.54) is 0 Å². The first-order chi connectivity index (χ1) is 8.91. The Morgan fingerprint density at radius 3 is 2.26 bits per heavy atom. The number of aliphatic hydroxyl groups excluding tert-OH is 2. The van der Waals surface area contributed by atoms with E-state index in [4.69, 9.17) is 4.74 Å². The molecule has 2 saturated carbocycles. The molecule has 2 aliphatic carbocycles. The fraction of sp³-hybridized carbons (Fsp3) is 0.533. The lowest BCUT2D eigenvalue weighted by Crippen LogP contribution is -2.29. The zero-order chi connectivity index (χ0) is 13.9. The summed E-state index contributed by atoms with van der Waals surface area (Å²) in [4.78, 5) is 11.7. The molecule has 0 amide bonds. The number of esters is 1. The molecule has 1 heterocycles. The lowest BCUT2D eigenvalue weighted by atomic mass is 9.82. The van der Waals surface area contributed by atoms with E-state index in [1.54, 1.807) is 0 Å². The van der Waals surface area contributed by atoms with Crippen molar-refractivity contribution in [3.8, 4) is 0 Å². The standard InChI is InChI=1S/C15H18O4/c1-6-9-4-12(17)8(3)13(9)14-10(5-11(6)16)7(2)15(18)19-14/h9-14,16-17H,1-5H2/t9-,10-,11+,12-,13-,14-/m0/s1. The lowest BCUT2D eigenvalue weighted by molar-refractivity contribution is -0.141. The quantitative estimate of drug-likeness (QED) is 0.387. The van der Waals surface area contributed by atoms with Gasteiger partial charge in [-0.05, 0) is 29.9 Å². The molecule has 0 bridgehead atoms. The number of hydrogen-bond acceptors (Lipinski definition) is 4. The third-order valence-electron chi connectivity index (χ3n) is 4.85. The van der Waals surface area contributed by atoms with E-state index in [0.717, 1.165) is 0 Å². The summed E-state index contributed by atoms with van der Waals surface area (Å²) in [6, 6.07) is 0. The van der Waals surface area contributed by atoms with Gasteiger partial charge < -0.3 is 14.9 Å². The SMILES string of the molecule is C=C1[C@@H]2[C@H]3OC(=O)C(=C)[C@@H]3C[C@@H](O)C(=C)[C@@H]2C[C@@H]1O. The van der Waals surface area contributed by atoms with E-state index in [0.29, 0.717) is 29.6 Å². The number of fused-ring (bicyclic) bond motifs is 3. The van der Waals surface area contributed by atoms with E-state index in [1.807, 2.05) is 0 Å². The van der Waals surface area contributed by atoms with E-state index in [2.05, 4.69) is 19.7 Å². The number of ether oxygens (including phenoxy) is 1. The minimum Gasteiger partial charge on any atom is -0.458 e. The summed E-state index contributed by atoms with van der Waals surface area (Å²) in [7, 11) is 0. The second-order valence-corrected chi connectivity index (χ2v) is 5.79. The molecule has 2 N–H and O–H groups in total. The molecule has 0 aromatic rings. The van der Waals surface area contributed by atoms with Crippen LogP contribution in [0.2, 0.25) is 0 Å². The summed E-state index contributed by atoms with van der Waals surface area (Å²) in [5.41, 5.74) is 1.80. The van der Waals surface area contributed by atoms with Gasteiger partial charge in [-0.15, -0.1) is 0 Å². The Morgan fingerprint density at radius 1 is 1.00 bits per heavy atom. The van der Waals surface area contributed by atoms with Crippen molar-refractivity contribution in [2.75, 3.05) is 0 Å². The van der Waals surface area contributed by atoms with Crippen LogP contribution in [0.15, 0.2) is 36.5 Å². The number of aliphatic hydroxyl groups is 2. The van der Waals surface area contributed by atoms with Crippen LogP contribution in [0, 0.1) is 17.8 Å². The second kappa shape index (κ2) is 4.05. The average Bonchev–Trinajstić information content (AvgIpc) is 2.77. The van der Waals surface area contributed by atoms with Gasteiger partial charge in [0.2, 0.25) is 0 Å². The molecule has 1 saturated heterocycles. The van der Waals surface area contributed by atoms with Crippen LogP contribution in [0.1, 0.15) is 12.8 Å². The largest absolute Gasteiger partial charge is 0.458 e. The van der Waals surface area contributed by atoms with Crippen LogP contribution in [0.4, 0.5) is 0 Å². The number of carbonyl (C=O) groups is 1. The van der Waals surface area contributed by atoms with Crippen molar-refractivity contribution in [1.82, 2.24) is 0 Å². The number of rotatable bonds is 0. The van der Waals surface area contributed by atoms with Crippen LogP contribution in [-0.4, -0.2) is 34.5 Å². The van der Waals surface area contributed by atoms with Crippen molar-refractivity contribution >= 4 is 5.97 Å². The van der Waals surface area contributed by atoms with Crippen LogP contribution in [0.25, 0.3) is 0 Å². The van der Waals surface area contributed by atoms with Gasteiger partial charge in [-0.25, -0.2) is 4.79 Å². The summed E-state index contributed by atoms with van der Waals surface area (Å²) >= 11 is 0. The Kier molecular flexibility index (Phi) is 2.69. The smallest absolute Gasteiger partial charge is 0.334 e. The first-order valence-corrected chi connectivity index (χ1v) is 6.55. The molecule has 19 heavy (non-hydrogen) atoms. The molecule has 3 aliphatic rings. The molecule has 102 valence electrons. The van der Waals surface area contributed by atoms with E-state index in [-0.39, 0.29) is 23.9 Å². The van der Waals surface area contributed by atoms with Gasteiger partial charge in [0.25, 0.3) is 0 Å². The Morgan fingerprint density at radius 2 is 1.58 bits per heavy atom. The molecule has 0 aromatic carbocycles. The maximum atomic E-state index is 11.7. The fourth-order valence-electron chi connectivity index (χ4n) is 3.71. The first-order valence-electron chi connectivity index (χ1n) is 6.55. The molecule has 0 spiro atoms. The van der Waals surface area contributed by atoms with Crippen molar-refractivity contribution in [3.63, 3.8) is 0 Å². The minimum absolute atomic E-state index is 0.0776. The first kappa shape index (κ1) is 12.6. The maximum absolute atomic E-state index is 11.7. The van der Waals surface area contributed by atoms with Gasteiger partial charge in [0.05, 0.1) is 12.2 Å². The van der Waals surface area contributed by atoms with E-state index < -0.39 is 18.2 Å². The third kappa shape index (κ3) is 1.63. The average molecular weight is 262 g/mol. The van der Waals surface area contributed by atoms with E-state index in [9.17, 15) is 15.0 Å². The molecule has 3 fully saturated rings. The van der Waals surface area contributed by atoms with Gasteiger partial charge in [0, 0.05) is 17.4 Å². The Hall–Kier alpha value is -1.39. The Balaban J connectivity index is 2.05. The molecule has 0 radical (unpaired) electrons. The zero-order valence-corrected chi connectivity index (χ0v) is 10.7. The van der Waals surface area contributed by atoms with Crippen LogP contribution < -0.4 is 0 Å². The Bertz CT molecular complexity index is 492. The summed E-state index contributed by atoms with van der Waals surface area (Å²) < 4.78 is 5.42. The molecule has 4 heteroatoms. The van der Waals surface area contributed by atoms with Crippen molar-refractivity contribution in [2.45, 2.75) is 31.2 Å². The molecule has 3 rings (SSSR count). The zero-order valence-electron chi connectivity index (χ0n) is 10.7. The summed E-state index contributed by atoms with van der Waals surface area (Å²) in [5, 5.41) is 20.2. The van der Waals surface area contributed by atoms with Crippen molar-refractivity contribution in [3.05, 3.63) is 36.5 Å². The highest BCUT2D eigenvalue weighted by molar-refractivity contribution is 5.91. The molecular formula is C15H18O4. The third-order valence-corrected chi connectivity index (χ3v) is 4.85. The van der Waals surface area contributed by atoms with Gasteiger partial charge in [-0.2, -0.15) is 0 Å². The topological polar surface area (TPSA) is 66.8 Å². The van der Waals surface area contributed by atoms with Crippen LogP contribution in [-0.2, 0) is 9.53 Å². The maximum Gasteiger partial charge on any atom is 0.334 e. The van der Waals surface area contributed by atoms with Gasteiger partial charge in [-0.1, -0.05) is 19.7 Å². The van der Waals surface area contributed by atoms with Gasteiger partial charge in [-0.3, -0.25) is 0 Å². The summed E-state index contributed by atoms with van der Waals surface area (Å²) in [5.74, 6) is -0.849. The van der Waals surface area contributed by atoms with E-state index >= 15 is 0 Å². The highest BCUT2D eigenvalue weighted by atomic mass is 16.6. The number of carbonyl (C=O) groups excluding carboxylic acids is 1. The van der Waals surface area contributed by atoms with Crippen molar-refractivity contribution in [2.24, 2.45) is 17.8 Å². The molecule has 0 unspecified atom stereocenters. The van der Waals surface area contributed by atoms with Crippen LogP contribution in [0.5, 0.6) is 0 Å². The second-order valence-electron chi connectivity index (χ2n) is 5.79. The molecular weight excluding hydrogens is 244 g/mol. The lowest BCUT2D eigenvalue weighted by Gasteiger charge is -2.25. The van der Waals surface area contributed by atoms with Gasteiger partial charge in [0.1, 0.15) is 6.10 Å². The highest BCUT2D eigenvalue weighted by Gasteiger charge is 2.54. The summed E-state index contributed by atoms with van der Waals surface area (Å²) in [6.45, 7) is 11.7. The molecule has 1 aliphatic heterocycles. The van der Waals surface area contributed by atoms with Gasteiger partial charge >= 0.3 is 5.97 Å². The molecule has 0 aromatic heterocycles. The normalized spacial score (nSPS) is 45.8. The number of hydrogen-bond donors (Lipinski definition) is 2. The van der Waals surface area contributed by atoms with Crippen molar-refractivity contribution in [1.29, 1.82) is 0 Å². The minimum atomic E-state index is -0.688. The predicted molar refractivity (Wildman–Crippen MR) is 69.0 cm³/mol. The highest BCUT2D eigenvalue weighted by Crippen LogP contribution is 2.51. The van der Waals surface area contributed by atoms with Gasteiger partial charge in [0.15, 0.2) is 0 Å². The summed E-state index contributed by atoms with van der Waals surface area (Å²) in [6.07, 6.45) is -0.780. The van der Waals surface area contributed by atoms with Crippen LogP contribution in [0.3, 0.4) is 0 Å². The fourth-order valence-corrected chi connectivity index (χ4v) is 3.71. The molecule has 4 nitrogen and oxygen atoms in total. The van der Waals surface area contributed by atoms with Crippen molar-refractivity contribution < 1.29 is 19.7 Å².